The summed E-state index contributed by atoms with van der Waals surface area (Å²) in [6.45, 7) is 5.70. The monoisotopic (exact) mass is 335 g/mol. The molecule has 1 amide bonds. The molecule has 1 N–H and O–H groups in total. The zero-order valence-electron chi connectivity index (χ0n) is 14.6. The van der Waals surface area contributed by atoms with E-state index in [4.69, 9.17) is 9.47 Å². The van der Waals surface area contributed by atoms with Crippen LogP contribution in [-0.4, -0.2) is 47.4 Å². The number of carbonyl (C=O) groups is 2. The van der Waals surface area contributed by atoms with Gasteiger partial charge in [-0.05, 0) is 51.3 Å². The zero-order valence-corrected chi connectivity index (χ0v) is 14.6. The summed E-state index contributed by atoms with van der Waals surface area (Å²) in [6, 6.07) is 6.40. The highest BCUT2D eigenvalue weighted by atomic mass is 16.6. The van der Waals surface area contributed by atoms with Crippen molar-refractivity contribution in [2.45, 2.75) is 51.2 Å². The molecule has 2 atom stereocenters. The van der Waals surface area contributed by atoms with Gasteiger partial charge in [-0.25, -0.2) is 9.59 Å². The molecule has 1 heterocycles. The molecular formula is C18H25NO5. The smallest absolute Gasteiger partial charge is 0.411 e. The van der Waals surface area contributed by atoms with Crippen LogP contribution in [0.4, 0.5) is 4.79 Å². The lowest BCUT2D eigenvalue weighted by molar-refractivity contribution is -0.145. The second kappa shape index (κ2) is 7.11. The minimum absolute atomic E-state index is 0.269. The minimum Gasteiger partial charge on any atom is -0.497 e. The van der Waals surface area contributed by atoms with Gasteiger partial charge in [-0.3, -0.25) is 4.90 Å². The van der Waals surface area contributed by atoms with Crippen LogP contribution in [-0.2, 0) is 9.53 Å². The van der Waals surface area contributed by atoms with Gasteiger partial charge in [0.1, 0.15) is 17.4 Å². The van der Waals surface area contributed by atoms with Gasteiger partial charge in [0.05, 0.1) is 7.11 Å². The summed E-state index contributed by atoms with van der Waals surface area (Å²) in [6.07, 6.45) is 0.871. The van der Waals surface area contributed by atoms with Crippen molar-refractivity contribution < 1.29 is 24.2 Å². The maximum Gasteiger partial charge on any atom is 0.411 e. The molecule has 1 aliphatic rings. The number of hydrogen-bond donors (Lipinski definition) is 1. The highest BCUT2D eigenvalue weighted by Gasteiger charge is 2.41. The Bertz CT molecular complexity index is 590. The van der Waals surface area contributed by atoms with E-state index in [1.807, 2.05) is 12.1 Å². The maximum atomic E-state index is 12.4. The van der Waals surface area contributed by atoms with Gasteiger partial charge < -0.3 is 14.6 Å². The molecule has 6 heteroatoms. The molecule has 2 unspecified atom stereocenters. The SMILES string of the molecule is COc1ccc(C2CCCN(C(=O)OC(C)(C)C)C2C(=O)O)cc1. The molecule has 0 aromatic heterocycles. The van der Waals surface area contributed by atoms with Crippen molar-refractivity contribution in [3.05, 3.63) is 29.8 Å². The van der Waals surface area contributed by atoms with Crippen molar-refractivity contribution in [2.75, 3.05) is 13.7 Å². The van der Waals surface area contributed by atoms with Crippen LogP contribution in [0, 0.1) is 0 Å². The Morgan fingerprint density at radius 1 is 1.21 bits per heavy atom. The van der Waals surface area contributed by atoms with E-state index in [1.165, 1.54) is 4.90 Å². The van der Waals surface area contributed by atoms with Crippen LogP contribution in [0.25, 0.3) is 0 Å². The number of carboxylic acid groups (broad SMARTS) is 1. The Labute approximate surface area is 142 Å². The first-order valence-corrected chi connectivity index (χ1v) is 8.09. The molecular weight excluding hydrogens is 310 g/mol. The van der Waals surface area contributed by atoms with Crippen molar-refractivity contribution in [3.8, 4) is 5.75 Å². The number of ether oxygens (including phenoxy) is 2. The number of carbonyl (C=O) groups excluding carboxylic acids is 1. The molecule has 0 radical (unpaired) electrons. The van der Waals surface area contributed by atoms with E-state index in [9.17, 15) is 14.7 Å². The van der Waals surface area contributed by atoms with Crippen molar-refractivity contribution in [2.24, 2.45) is 0 Å². The first kappa shape index (κ1) is 18.1. The third kappa shape index (κ3) is 4.19. The second-order valence-corrected chi connectivity index (χ2v) is 6.98. The van der Waals surface area contributed by atoms with Crippen LogP contribution in [0.15, 0.2) is 24.3 Å². The van der Waals surface area contributed by atoms with E-state index in [2.05, 4.69) is 0 Å². The van der Waals surface area contributed by atoms with E-state index in [0.717, 1.165) is 12.0 Å². The normalized spacial score (nSPS) is 21.2. The highest BCUT2D eigenvalue weighted by molar-refractivity contribution is 5.81. The van der Waals surface area contributed by atoms with Gasteiger partial charge in [-0.2, -0.15) is 0 Å². The molecule has 0 spiro atoms. The number of carboxylic acids is 1. The van der Waals surface area contributed by atoms with Crippen LogP contribution in [0.5, 0.6) is 5.75 Å². The molecule has 0 bridgehead atoms. The van der Waals surface area contributed by atoms with E-state index < -0.39 is 23.7 Å². The van der Waals surface area contributed by atoms with Crippen LogP contribution in [0.2, 0.25) is 0 Å². The van der Waals surface area contributed by atoms with Gasteiger partial charge in [0.15, 0.2) is 0 Å². The molecule has 1 saturated heterocycles. The van der Waals surface area contributed by atoms with Crippen molar-refractivity contribution in [1.29, 1.82) is 0 Å². The lowest BCUT2D eigenvalue weighted by Gasteiger charge is -2.39. The minimum atomic E-state index is -1.01. The Morgan fingerprint density at radius 2 is 1.83 bits per heavy atom. The predicted octanol–water partition coefficient (Wildman–Crippen LogP) is 3.26. The summed E-state index contributed by atoms with van der Waals surface area (Å²) < 4.78 is 10.5. The number of aliphatic carboxylic acids is 1. The third-order valence-corrected chi connectivity index (χ3v) is 4.06. The van der Waals surface area contributed by atoms with Crippen molar-refractivity contribution in [1.82, 2.24) is 4.90 Å². The Kier molecular flexibility index (Phi) is 5.36. The van der Waals surface area contributed by atoms with Crippen LogP contribution in [0.3, 0.4) is 0 Å². The molecule has 132 valence electrons. The molecule has 0 aliphatic carbocycles. The third-order valence-electron chi connectivity index (χ3n) is 4.06. The van der Waals surface area contributed by atoms with E-state index >= 15 is 0 Å². The highest BCUT2D eigenvalue weighted by Crippen LogP contribution is 2.34. The molecule has 2 rings (SSSR count). The number of methoxy groups -OCH3 is 1. The fourth-order valence-electron chi connectivity index (χ4n) is 3.03. The molecule has 6 nitrogen and oxygen atoms in total. The number of hydrogen-bond acceptors (Lipinski definition) is 4. The maximum absolute atomic E-state index is 12.4. The Morgan fingerprint density at radius 3 is 2.33 bits per heavy atom. The molecule has 1 fully saturated rings. The molecule has 24 heavy (non-hydrogen) atoms. The fourth-order valence-corrected chi connectivity index (χ4v) is 3.03. The zero-order chi connectivity index (χ0) is 17.9. The average Bonchev–Trinajstić information content (AvgIpc) is 2.52. The number of likely N-dealkylation sites (tertiary alicyclic amines) is 1. The molecule has 0 saturated carbocycles. The quantitative estimate of drug-likeness (QED) is 0.917. The van der Waals surface area contributed by atoms with Gasteiger partial charge >= 0.3 is 12.1 Å². The number of rotatable bonds is 3. The van der Waals surface area contributed by atoms with E-state index in [-0.39, 0.29) is 5.92 Å². The molecule has 1 aromatic rings. The molecule has 1 aromatic carbocycles. The summed E-state index contributed by atoms with van der Waals surface area (Å²) in [4.78, 5) is 25.6. The van der Waals surface area contributed by atoms with Crippen LogP contribution < -0.4 is 4.74 Å². The number of nitrogens with zero attached hydrogens (tertiary/aromatic N) is 1. The largest absolute Gasteiger partial charge is 0.497 e. The van der Waals surface area contributed by atoms with Gasteiger partial charge in [0, 0.05) is 12.5 Å². The number of piperidine rings is 1. The summed E-state index contributed by atoms with van der Waals surface area (Å²) in [5.41, 5.74) is 0.226. The Hall–Kier alpha value is -2.24. The lowest BCUT2D eigenvalue weighted by atomic mass is 9.83. The van der Waals surface area contributed by atoms with E-state index in [1.54, 1.807) is 40.0 Å². The van der Waals surface area contributed by atoms with Gasteiger partial charge in [-0.1, -0.05) is 12.1 Å². The average molecular weight is 335 g/mol. The van der Waals surface area contributed by atoms with Crippen molar-refractivity contribution >= 4 is 12.1 Å². The van der Waals surface area contributed by atoms with Gasteiger partial charge in [0.25, 0.3) is 0 Å². The van der Waals surface area contributed by atoms with Crippen LogP contribution >= 0.6 is 0 Å². The van der Waals surface area contributed by atoms with Crippen LogP contribution in [0.1, 0.15) is 45.1 Å². The van der Waals surface area contributed by atoms with E-state index in [0.29, 0.717) is 18.7 Å². The second-order valence-electron chi connectivity index (χ2n) is 6.98. The topological polar surface area (TPSA) is 76.1 Å². The van der Waals surface area contributed by atoms with Gasteiger partial charge in [-0.15, -0.1) is 0 Å². The standard InChI is InChI=1S/C18H25NO5/c1-18(2,3)24-17(22)19-11-5-6-14(15(19)16(20)21)12-7-9-13(23-4)10-8-12/h7-10,14-15H,5-6,11H2,1-4H3,(H,20,21). The predicted molar refractivity (Wildman–Crippen MR) is 89.3 cm³/mol. The van der Waals surface area contributed by atoms with Crippen molar-refractivity contribution in [3.63, 3.8) is 0 Å². The lowest BCUT2D eigenvalue weighted by Crippen LogP contribution is -2.53. The summed E-state index contributed by atoms with van der Waals surface area (Å²) >= 11 is 0. The summed E-state index contributed by atoms with van der Waals surface area (Å²) in [7, 11) is 1.58. The molecule has 1 aliphatic heterocycles. The van der Waals surface area contributed by atoms with Gasteiger partial charge in [0.2, 0.25) is 0 Å². The summed E-state index contributed by atoms with van der Waals surface area (Å²) in [5.74, 6) is -0.568. The first-order valence-electron chi connectivity index (χ1n) is 8.09. The number of benzene rings is 1. The first-order chi connectivity index (χ1) is 11.2. The Balaban J connectivity index is 2.27. The summed E-state index contributed by atoms with van der Waals surface area (Å²) in [5, 5.41) is 9.71. The fraction of sp³-hybridized carbons (Fsp3) is 0.556. The number of amides is 1.